The van der Waals surface area contributed by atoms with Crippen molar-refractivity contribution >= 4 is 11.9 Å². The Hall–Kier alpha value is -4.59. The SMILES string of the molecule is Cc1nc(Cc2ccc(-c3ccc(Cc4ccccc4)cc3)nc2)nc(C(=O)NCC(=O)O)c1O. The van der Waals surface area contributed by atoms with E-state index in [1.807, 2.05) is 30.3 Å². The molecule has 0 bridgehead atoms. The number of rotatable bonds is 8. The number of carboxylic acid groups (broad SMARTS) is 1. The fourth-order valence-electron chi connectivity index (χ4n) is 3.61. The summed E-state index contributed by atoms with van der Waals surface area (Å²) in [6, 6.07) is 22.4. The lowest BCUT2D eigenvalue weighted by molar-refractivity contribution is -0.135. The zero-order valence-corrected chi connectivity index (χ0v) is 19.1. The van der Waals surface area contributed by atoms with Crippen molar-refractivity contribution < 1.29 is 19.8 Å². The van der Waals surface area contributed by atoms with Gasteiger partial charge in [-0.2, -0.15) is 0 Å². The number of aromatic hydroxyl groups is 1. The predicted molar refractivity (Wildman–Crippen MR) is 130 cm³/mol. The maximum Gasteiger partial charge on any atom is 0.322 e. The number of nitrogens with zero attached hydrogens (tertiary/aromatic N) is 3. The number of nitrogens with one attached hydrogen (secondary N) is 1. The average Bonchev–Trinajstić information content (AvgIpc) is 2.86. The first-order chi connectivity index (χ1) is 16.9. The second kappa shape index (κ2) is 10.6. The normalized spacial score (nSPS) is 10.7. The van der Waals surface area contributed by atoms with Gasteiger partial charge in [-0.15, -0.1) is 0 Å². The Morgan fingerprint density at radius 2 is 1.54 bits per heavy atom. The first-order valence-electron chi connectivity index (χ1n) is 11.0. The smallest absolute Gasteiger partial charge is 0.322 e. The third-order valence-corrected chi connectivity index (χ3v) is 5.41. The number of carbonyl (C=O) groups is 2. The van der Waals surface area contributed by atoms with Gasteiger partial charge in [0.1, 0.15) is 12.4 Å². The lowest BCUT2D eigenvalue weighted by Gasteiger charge is -2.09. The second-order valence-electron chi connectivity index (χ2n) is 8.09. The van der Waals surface area contributed by atoms with Crippen LogP contribution in [0.5, 0.6) is 5.75 Å². The number of pyridine rings is 1. The predicted octanol–water partition coefficient (Wildman–Crippen LogP) is 3.55. The molecule has 4 rings (SSSR count). The summed E-state index contributed by atoms with van der Waals surface area (Å²) in [4.78, 5) is 35.9. The zero-order valence-electron chi connectivity index (χ0n) is 19.1. The third kappa shape index (κ3) is 6.05. The molecule has 0 aliphatic rings. The summed E-state index contributed by atoms with van der Waals surface area (Å²) in [7, 11) is 0. The van der Waals surface area contributed by atoms with Crippen LogP contribution >= 0.6 is 0 Å². The van der Waals surface area contributed by atoms with E-state index < -0.39 is 18.4 Å². The van der Waals surface area contributed by atoms with Crippen molar-refractivity contribution in [2.45, 2.75) is 19.8 Å². The van der Waals surface area contributed by atoms with E-state index in [0.29, 0.717) is 12.2 Å². The van der Waals surface area contributed by atoms with Crippen molar-refractivity contribution in [3.8, 4) is 17.0 Å². The van der Waals surface area contributed by atoms with Crippen molar-refractivity contribution in [2.24, 2.45) is 0 Å². The van der Waals surface area contributed by atoms with Gasteiger partial charge in [0.05, 0.1) is 11.4 Å². The van der Waals surface area contributed by atoms with Crippen LogP contribution < -0.4 is 5.32 Å². The van der Waals surface area contributed by atoms with Crippen LogP contribution in [0.2, 0.25) is 0 Å². The van der Waals surface area contributed by atoms with Crippen LogP contribution in [0.3, 0.4) is 0 Å². The van der Waals surface area contributed by atoms with E-state index in [0.717, 1.165) is 23.2 Å². The van der Waals surface area contributed by atoms with E-state index in [4.69, 9.17) is 5.11 Å². The Morgan fingerprint density at radius 1 is 0.857 bits per heavy atom. The minimum absolute atomic E-state index is 0.232. The minimum atomic E-state index is -1.19. The number of benzene rings is 2. The fraction of sp³-hybridized carbons (Fsp3) is 0.148. The molecule has 2 aromatic heterocycles. The van der Waals surface area contributed by atoms with Crippen molar-refractivity contribution in [3.05, 3.63) is 107 Å². The fourth-order valence-corrected chi connectivity index (χ4v) is 3.61. The van der Waals surface area contributed by atoms with Crippen LogP contribution in [0.15, 0.2) is 72.9 Å². The van der Waals surface area contributed by atoms with Gasteiger partial charge in [-0.1, -0.05) is 60.7 Å². The van der Waals surface area contributed by atoms with E-state index in [1.54, 1.807) is 13.1 Å². The Kier molecular flexibility index (Phi) is 7.11. The standard InChI is InChI=1S/C27H24N4O4/c1-17-26(34)25(27(35)29-16-24(32)33)31-23(30-17)14-20-9-12-22(28-15-20)21-10-7-19(8-11-21)13-18-5-3-2-4-6-18/h2-12,15,34H,13-14,16H2,1H3,(H,29,35)(H,32,33). The molecule has 0 atom stereocenters. The topological polar surface area (TPSA) is 125 Å². The van der Waals surface area contributed by atoms with E-state index in [9.17, 15) is 14.7 Å². The van der Waals surface area contributed by atoms with Gasteiger partial charge in [-0.05, 0) is 36.1 Å². The third-order valence-electron chi connectivity index (χ3n) is 5.41. The Morgan fingerprint density at radius 3 is 2.20 bits per heavy atom. The van der Waals surface area contributed by atoms with Crippen LogP contribution in [0.25, 0.3) is 11.3 Å². The highest BCUT2D eigenvalue weighted by Gasteiger charge is 2.18. The molecule has 0 saturated carbocycles. The molecule has 0 saturated heterocycles. The van der Waals surface area contributed by atoms with Crippen molar-refractivity contribution in [1.29, 1.82) is 0 Å². The number of carboxylic acids is 1. The number of aromatic nitrogens is 3. The molecular weight excluding hydrogens is 444 g/mol. The highest BCUT2D eigenvalue weighted by Crippen LogP contribution is 2.22. The molecule has 4 aromatic rings. The number of carbonyl (C=O) groups excluding carboxylic acids is 1. The van der Waals surface area contributed by atoms with Crippen LogP contribution in [-0.2, 0) is 17.6 Å². The molecule has 2 heterocycles. The Labute approximate surface area is 202 Å². The maximum atomic E-state index is 12.2. The quantitative estimate of drug-likeness (QED) is 0.361. The molecule has 3 N–H and O–H groups in total. The van der Waals surface area contributed by atoms with Crippen LogP contribution in [0.4, 0.5) is 0 Å². The van der Waals surface area contributed by atoms with E-state index in [2.05, 4.69) is 56.7 Å². The van der Waals surface area contributed by atoms with Gasteiger partial charge in [-0.3, -0.25) is 14.6 Å². The molecule has 0 unspecified atom stereocenters. The molecule has 0 fully saturated rings. The minimum Gasteiger partial charge on any atom is -0.504 e. The molecule has 2 aromatic carbocycles. The number of aliphatic carboxylic acids is 1. The first kappa shape index (κ1) is 23.6. The molecule has 35 heavy (non-hydrogen) atoms. The van der Waals surface area contributed by atoms with Gasteiger partial charge < -0.3 is 15.5 Å². The van der Waals surface area contributed by atoms with Gasteiger partial charge in [-0.25, -0.2) is 9.97 Å². The Bertz CT molecular complexity index is 1340. The largest absolute Gasteiger partial charge is 0.504 e. The van der Waals surface area contributed by atoms with Gasteiger partial charge in [0, 0.05) is 18.2 Å². The number of hydrogen-bond acceptors (Lipinski definition) is 6. The van der Waals surface area contributed by atoms with E-state index in [-0.39, 0.29) is 17.1 Å². The van der Waals surface area contributed by atoms with Gasteiger partial charge in [0.25, 0.3) is 5.91 Å². The number of amides is 1. The summed E-state index contributed by atoms with van der Waals surface area (Å²) in [6.07, 6.45) is 2.89. The highest BCUT2D eigenvalue weighted by molar-refractivity contribution is 5.96. The summed E-state index contributed by atoms with van der Waals surface area (Å²) in [6.45, 7) is 0.979. The van der Waals surface area contributed by atoms with Crippen molar-refractivity contribution in [1.82, 2.24) is 20.3 Å². The highest BCUT2D eigenvalue weighted by atomic mass is 16.4. The van der Waals surface area contributed by atoms with Crippen LogP contribution in [0, 0.1) is 6.92 Å². The van der Waals surface area contributed by atoms with Gasteiger partial charge >= 0.3 is 5.97 Å². The van der Waals surface area contributed by atoms with Crippen LogP contribution in [0.1, 0.15) is 38.7 Å². The van der Waals surface area contributed by atoms with E-state index >= 15 is 0 Å². The molecule has 0 spiro atoms. The molecule has 0 aliphatic heterocycles. The molecule has 176 valence electrons. The summed E-state index contributed by atoms with van der Waals surface area (Å²) in [5.41, 5.74) is 5.12. The Balaban J connectivity index is 1.45. The molecule has 8 heteroatoms. The summed E-state index contributed by atoms with van der Waals surface area (Å²) < 4.78 is 0. The lowest BCUT2D eigenvalue weighted by Crippen LogP contribution is -2.30. The zero-order chi connectivity index (χ0) is 24.8. The monoisotopic (exact) mass is 468 g/mol. The first-order valence-corrected chi connectivity index (χ1v) is 11.0. The van der Waals surface area contributed by atoms with E-state index in [1.165, 1.54) is 11.1 Å². The lowest BCUT2D eigenvalue weighted by atomic mass is 10.0. The molecule has 8 nitrogen and oxygen atoms in total. The van der Waals surface area contributed by atoms with Gasteiger partial charge in [0.2, 0.25) is 0 Å². The summed E-state index contributed by atoms with van der Waals surface area (Å²) in [5.74, 6) is -2.02. The number of aryl methyl sites for hydroxylation is 1. The van der Waals surface area contributed by atoms with Crippen molar-refractivity contribution in [3.63, 3.8) is 0 Å². The molecule has 0 radical (unpaired) electrons. The van der Waals surface area contributed by atoms with Crippen LogP contribution in [-0.4, -0.2) is 43.6 Å². The summed E-state index contributed by atoms with van der Waals surface area (Å²) >= 11 is 0. The number of hydrogen-bond donors (Lipinski definition) is 3. The molecular formula is C27H24N4O4. The van der Waals surface area contributed by atoms with Gasteiger partial charge in [0.15, 0.2) is 11.4 Å². The second-order valence-corrected chi connectivity index (χ2v) is 8.09. The van der Waals surface area contributed by atoms with Crippen molar-refractivity contribution in [2.75, 3.05) is 6.54 Å². The maximum absolute atomic E-state index is 12.2. The molecule has 0 aliphatic carbocycles. The average molecular weight is 469 g/mol. The molecule has 1 amide bonds. The summed E-state index contributed by atoms with van der Waals surface area (Å²) in [5, 5.41) is 21.1.